The second-order valence-corrected chi connectivity index (χ2v) is 9.38. The molecule has 2 aromatic carbocycles. The van der Waals surface area contributed by atoms with Gasteiger partial charge in [0.1, 0.15) is 23.7 Å². The van der Waals surface area contributed by atoms with Crippen LogP contribution in [-0.4, -0.2) is 58.5 Å². The van der Waals surface area contributed by atoms with Crippen molar-refractivity contribution in [1.82, 2.24) is 0 Å². The molecule has 36 heavy (non-hydrogen) atoms. The first-order chi connectivity index (χ1) is 17.1. The number of benzene rings is 2. The zero-order valence-corrected chi connectivity index (χ0v) is 20.0. The summed E-state index contributed by atoms with van der Waals surface area (Å²) in [6, 6.07) is 10.5. The predicted octanol–water partition coefficient (Wildman–Crippen LogP) is 2.22. The molecule has 0 radical (unpaired) electrons. The van der Waals surface area contributed by atoms with E-state index in [4.69, 9.17) is 23.7 Å². The van der Waals surface area contributed by atoms with Crippen LogP contribution >= 0.6 is 0 Å². The molecule has 5 rings (SSSR count). The Morgan fingerprint density at radius 2 is 1.44 bits per heavy atom. The number of carbonyl (C=O) groups excluding carboxylic acids is 4. The van der Waals surface area contributed by atoms with Gasteiger partial charge in [-0.2, -0.15) is 0 Å². The van der Waals surface area contributed by atoms with E-state index in [2.05, 4.69) is 0 Å². The molecule has 1 spiro atoms. The minimum atomic E-state index is -2.42. The molecule has 1 heterocycles. The lowest BCUT2D eigenvalue weighted by atomic mass is 9.60. The molecule has 2 saturated carbocycles. The molecule has 2 aromatic rings. The highest BCUT2D eigenvalue weighted by atomic mass is 16.7. The monoisotopic (exact) mass is 498 g/mol. The summed E-state index contributed by atoms with van der Waals surface area (Å²) in [5.74, 6) is -5.51. The van der Waals surface area contributed by atoms with Crippen molar-refractivity contribution < 1.29 is 48.0 Å². The molecule has 0 aromatic heterocycles. The minimum Gasteiger partial charge on any atom is -0.462 e. The number of hydrogen-bond donors (Lipinski definition) is 1. The van der Waals surface area contributed by atoms with Crippen LogP contribution in [0.3, 0.4) is 0 Å². The summed E-state index contributed by atoms with van der Waals surface area (Å²) in [6.07, 6.45) is -3.74. The van der Waals surface area contributed by atoms with Gasteiger partial charge in [-0.05, 0) is 30.4 Å². The predicted molar refractivity (Wildman–Crippen MR) is 122 cm³/mol. The first-order valence-corrected chi connectivity index (χ1v) is 11.7. The van der Waals surface area contributed by atoms with E-state index in [1.165, 1.54) is 13.8 Å². The summed E-state index contributed by atoms with van der Waals surface area (Å²) in [7, 11) is 0. The van der Waals surface area contributed by atoms with Crippen LogP contribution in [0.1, 0.15) is 40.0 Å². The Balaban J connectivity index is 1.75. The number of esters is 3. The van der Waals surface area contributed by atoms with E-state index in [-0.39, 0.29) is 30.8 Å². The van der Waals surface area contributed by atoms with Crippen LogP contribution in [0.4, 0.5) is 0 Å². The van der Waals surface area contributed by atoms with E-state index in [9.17, 15) is 24.3 Å². The molecule has 10 nitrogen and oxygen atoms in total. The van der Waals surface area contributed by atoms with Gasteiger partial charge in [-0.3, -0.25) is 19.2 Å². The highest BCUT2D eigenvalue weighted by Gasteiger charge is 2.77. The molecule has 0 unspecified atom stereocenters. The first-order valence-electron chi connectivity index (χ1n) is 11.7. The van der Waals surface area contributed by atoms with Crippen molar-refractivity contribution in [2.75, 3.05) is 0 Å². The summed E-state index contributed by atoms with van der Waals surface area (Å²) >= 11 is 0. The van der Waals surface area contributed by atoms with Gasteiger partial charge in [0, 0.05) is 33.1 Å². The maximum absolute atomic E-state index is 13.6. The van der Waals surface area contributed by atoms with Crippen molar-refractivity contribution in [3.63, 3.8) is 0 Å². The smallest absolute Gasteiger partial charge is 0.329 e. The summed E-state index contributed by atoms with van der Waals surface area (Å²) in [5, 5.41) is 13.7. The SMILES string of the molecule is CC(=O)O[C@H]1C[C@H]2[C@@H](OC(C)=O)CCC(=O)[C@@]2(O)C2(Oc3cccc4cccc(c34)O2)[C@H]1OC(C)=O. The number of hydrogen-bond acceptors (Lipinski definition) is 10. The average molecular weight is 498 g/mol. The number of carbonyl (C=O) groups is 4. The Morgan fingerprint density at radius 3 is 2.00 bits per heavy atom. The zero-order valence-electron chi connectivity index (χ0n) is 20.0. The van der Waals surface area contributed by atoms with Crippen molar-refractivity contribution in [2.24, 2.45) is 5.92 Å². The molecular weight excluding hydrogens is 472 g/mol. The fourth-order valence-corrected chi connectivity index (χ4v) is 5.82. The molecule has 3 aliphatic rings. The van der Waals surface area contributed by atoms with Crippen LogP contribution in [0.5, 0.6) is 11.5 Å². The topological polar surface area (TPSA) is 135 Å². The summed E-state index contributed by atoms with van der Waals surface area (Å²) in [4.78, 5) is 49.8. The third kappa shape index (κ3) is 3.50. The molecule has 10 heteroatoms. The second kappa shape index (κ2) is 8.48. The van der Waals surface area contributed by atoms with Gasteiger partial charge < -0.3 is 28.8 Å². The van der Waals surface area contributed by atoms with Crippen molar-refractivity contribution in [3.8, 4) is 11.5 Å². The molecule has 2 fully saturated rings. The van der Waals surface area contributed by atoms with Gasteiger partial charge in [0.05, 0.1) is 5.39 Å². The fourth-order valence-electron chi connectivity index (χ4n) is 5.82. The largest absolute Gasteiger partial charge is 0.462 e. The third-order valence-electron chi connectivity index (χ3n) is 7.08. The normalized spacial score (nSPS) is 29.9. The Hall–Kier alpha value is -3.66. The standard InChI is InChI=1S/C26H26O10/c1-13(27)32-18-10-11-22(30)25(31)17(18)12-21(33-14(2)28)24(34-15(3)29)26(25)35-19-8-4-6-16-7-5-9-20(36-26)23(16)19/h4-9,17-18,21,24,31H,10-12H2,1-3H3/t17-,18-,21-,24-,25+/m0/s1. The Labute approximate surface area is 206 Å². The van der Waals surface area contributed by atoms with Crippen LogP contribution in [-0.2, 0) is 33.4 Å². The molecule has 2 aliphatic carbocycles. The van der Waals surface area contributed by atoms with Crippen molar-refractivity contribution >= 4 is 34.5 Å². The average Bonchev–Trinajstić information content (AvgIpc) is 2.80. The summed E-state index contributed by atoms with van der Waals surface area (Å²) < 4.78 is 29.3. The number of ketones is 1. The van der Waals surface area contributed by atoms with Crippen LogP contribution in [0, 0.1) is 5.92 Å². The lowest BCUT2D eigenvalue weighted by molar-refractivity contribution is -0.337. The number of fused-ring (bicyclic) bond motifs is 2. The van der Waals surface area contributed by atoms with E-state index >= 15 is 0 Å². The molecule has 1 N–H and O–H groups in total. The Kier molecular flexibility index (Phi) is 5.66. The quantitative estimate of drug-likeness (QED) is 0.496. The molecule has 0 amide bonds. The number of Topliss-reactive ketones (excluding diaryl/α,β-unsaturated/α-hetero) is 1. The number of ether oxygens (including phenoxy) is 5. The Bertz CT molecular complexity index is 1230. The van der Waals surface area contributed by atoms with Crippen LogP contribution in [0.2, 0.25) is 0 Å². The van der Waals surface area contributed by atoms with Gasteiger partial charge >= 0.3 is 23.7 Å². The molecule has 0 saturated heterocycles. The van der Waals surface area contributed by atoms with Crippen LogP contribution < -0.4 is 9.47 Å². The van der Waals surface area contributed by atoms with Crippen molar-refractivity contribution in [2.45, 2.75) is 69.7 Å². The lowest BCUT2D eigenvalue weighted by Gasteiger charge is -2.59. The molecule has 5 atom stereocenters. The second-order valence-electron chi connectivity index (χ2n) is 9.38. The fraction of sp³-hybridized carbons (Fsp3) is 0.462. The minimum absolute atomic E-state index is 0.141. The van der Waals surface area contributed by atoms with E-state index in [0.717, 1.165) is 12.3 Å². The van der Waals surface area contributed by atoms with E-state index < -0.39 is 59.3 Å². The molecule has 1 aliphatic heterocycles. The summed E-state index contributed by atoms with van der Waals surface area (Å²) in [6.45, 7) is 3.56. The van der Waals surface area contributed by atoms with Gasteiger partial charge in [0.15, 0.2) is 5.78 Å². The van der Waals surface area contributed by atoms with Crippen LogP contribution in [0.25, 0.3) is 10.8 Å². The highest BCUT2D eigenvalue weighted by Crippen LogP contribution is 2.56. The number of aliphatic hydroxyl groups is 1. The highest BCUT2D eigenvalue weighted by molar-refractivity contribution is 5.96. The molecule has 190 valence electrons. The van der Waals surface area contributed by atoms with Crippen LogP contribution in [0.15, 0.2) is 36.4 Å². The van der Waals surface area contributed by atoms with E-state index in [0.29, 0.717) is 5.39 Å². The van der Waals surface area contributed by atoms with Crippen molar-refractivity contribution in [1.29, 1.82) is 0 Å². The van der Waals surface area contributed by atoms with Gasteiger partial charge in [-0.1, -0.05) is 24.3 Å². The molecular formula is C26H26O10. The van der Waals surface area contributed by atoms with Gasteiger partial charge in [0.25, 0.3) is 0 Å². The van der Waals surface area contributed by atoms with E-state index in [1.807, 2.05) is 12.1 Å². The van der Waals surface area contributed by atoms with Gasteiger partial charge in [0.2, 0.25) is 11.7 Å². The maximum Gasteiger partial charge on any atom is 0.329 e. The third-order valence-corrected chi connectivity index (χ3v) is 7.08. The van der Waals surface area contributed by atoms with Crippen molar-refractivity contribution in [3.05, 3.63) is 36.4 Å². The summed E-state index contributed by atoms with van der Waals surface area (Å²) in [5.41, 5.74) is -2.42. The Morgan fingerprint density at radius 1 is 0.889 bits per heavy atom. The van der Waals surface area contributed by atoms with Gasteiger partial charge in [-0.25, -0.2) is 0 Å². The van der Waals surface area contributed by atoms with E-state index in [1.54, 1.807) is 24.3 Å². The first kappa shape index (κ1) is 24.1. The lowest BCUT2D eigenvalue weighted by Crippen LogP contribution is -2.82. The van der Waals surface area contributed by atoms with Gasteiger partial charge in [-0.15, -0.1) is 0 Å². The zero-order chi connectivity index (χ0) is 25.8. The molecule has 0 bridgehead atoms. The number of rotatable bonds is 3. The maximum atomic E-state index is 13.6.